The number of rotatable bonds is 7. The number of pyridine rings is 1. The standard InChI is InChI=1S/C21H19ClN2O4/c1-25-19-8-14(10-23-16-4-6-18-20(9-16)28-13-27-18)2-5-17(19)26-12-15-3-7-21(22)24-11-15/h2-9,11,23H,10,12-13H2,1H3. The first-order chi connectivity index (χ1) is 13.7. The van der Waals surface area contributed by atoms with Crippen molar-refractivity contribution in [1.29, 1.82) is 0 Å². The van der Waals surface area contributed by atoms with Crippen molar-refractivity contribution in [1.82, 2.24) is 4.98 Å². The van der Waals surface area contributed by atoms with Crippen LogP contribution < -0.4 is 24.3 Å². The molecule has 28 heavy (non-hydrogen) atoms. The number of fused-ring (bicyclic) bond motifs is 1. The van der Waals surface area contributed by atoms with Crippen LogP contribution in [0.15, 0.2) is 54.7 Å². The van der Waals surface area contributed by atoms with Gasteiger partial charge < -0.3 is 24.3 Å². The highest BCUT2D eigenvalue weighted by Gasteiger charge is 2.13. The van der Waals surface area contributed by atoms with Gasteiger partial charge in [-0.15, -0.1) is 0 Å². The van der Waals surface area contributed by atoms with E-state index in [1.54, 1.807) is 19.4 Å². The van der Waals surface area contributed by atoms with Crippen LogP contribution in [0, 0.1) is 0 Å². The summed E-state index contributed by atoms with van der Waals surface area (Å²) in [5, 5.41) is 3.83. The van der Waals surface area contributed by atoms with Crippen molar-refractivity contribution in [2.75, 3.05) is 19.2 Å². The van der Waals surface area contributed by atoms with Crippen molar-refractivity contribution in [3.63, 3.8) is 0 Å². The van der Waals surface area contributed by atoms with Gasteiger partial charge in [0.05, 0.1) is 7.11 Å². The van der Waals surface area contributed by atoms with E-state index in [0.717, 1.165) is 28.3 Å². The maximum atomic E-state index is 5.86. The molecule has 1 aliphatic heterocycles. The van der Waals surface area contributed by atoms with Gasteiger partial charge in [-0.05, 0) is 35.9 Å². The third-order valence-corrected chi connectivity index (χ3v) is 4.50. The van der Waals surface area contributed by atoms with Crippen molar-refractivity contribution >= 4 is 17.3 Å². The molecular formula is C21H19ClN2O4. The van der Waals surface area contributed by atoms with E-state index in [1.807, 2.05) is 42.5 Å². The first-order valence-electron chi connectivity index (χ1n) is 8.75. The van der Waals surface area contributed by atoms with E-state index in [-0.39, 0.29) is 6.79 Å². The van der Waals surface area contributed by atoms with Gasteiger partial charge in [0.25, 0.3) is 0 Å². The van der Waals surface area contributed by atoms with Crippen molar-refractivity contribution in [3.8, 4) is 23.0 Å². The lowest BCUT2D eigenvalue weighted by molar-refractivity contribution is 0.174. The zero-order valence-electron chi connectivity index (χ0n) is 15.3. The minimum Gasteiger partial charge on any atom is -0.493 e. The van der Waals surface area contributed by atoms with Crippen molar-refractivity contribution in [3.05, 3.63) is 71.0 Å². The molecular weight excluding hydrogens is 380 g/mol. The zero-order chi connectivity index (χ0) is 19.3. The molecule has 0 bridgehead atoms. The Bertz CT molecular complexity index is 963. The van der Waals surface area contributed by atoms with Gasteiger partial charge in [0.2, 0.25) is 6.79 Å². The highest BCUT2D eigenvalue weighted by molar-refractivity contribution is 6.29. The van der Waals surface area contributed by atoms with E-state index >= 15 is 0 Å². The maximum absolute atomic E-state index is 5.86. The molecule has 7 heteroatoms. The fraction of sp³-hybridized carbons (Fsp3) is 0.190. The molecule has 1 aliphatic rings. The molecule has 0 unspecified atom stereocenters. The Hall–Kier alpha value is -3.12. The zero-order valence-corrected chi connectivity index (χ0v) is 16.0. The van der Waals surface area contributed by atoms with Crippen LogP contribution >= 0.6 is 11.6 Å². The number of anilines is 1. The predicted octanol–water partition coefficient (Wildman–Crippen LogP) is 4.66. The number of halogens is 1. The minimum absolute atomic E-state index is 0.267. The lowest BCUT2D eigenvalue weighted by atomic mass is 10.2. The number of benzene rings is 2. The van der Waals surface area contributed by atoms with Gasteiger partial charge in [0, 0.05) is 30.1 Å². The molecule has 0 amide bonds. The molecule has 3 aromatic rings. The summed E-state index contributed by atoms with van der Waals surface area (Å²) in [5.74, 6) is 2.86. The molecule has 0 saturated heterocycles. The molecule has 6 nitrogen and oxygen atoms in total. The summed E-state index contributed by atoms with van der Waals surface area (Å²) < 4.78 is 22.1. The predicted molar refractivity (Wildman–Crippen MR) is 106 cm³/mol. The van der Waals surface area contributed by atoms with Gasteiger partial charge in [-0.2, -0.15) is 0 Å². The van der Waals surface area contributed by atoms with Crippen LogP contribution in [-0.2, 0) is 13.2 Å². The van der Waals surface area contributed by atoms with E-state index in [9.17, 15) is 0 Å². The second-order valence-electron chi connectivity index (χ2n) is 6.18. The quantitative estimate of drug-likeness (QED) is 0.584. The molecule has 0 spiro atoms. The first kappa shape index (κ1) is 18.3. The summed E-state index contributed by atoms with van der Waals surface area (Å²) >= 11 is 5.80. The lowest BCUT2D eigenvalue weighted by Gasteiger charge is -2.13. The third kappa shape index (κ3) is 4.23. The fourth-order valence-corrected chi connectivity index (χ4v) is 2.92. The van der Waals surface area contributed by atoms with Gasteiger partial charge in [-0.3, -0.25) is 0 Å². The molecule has 0 aliphatic carbocycles. The van der Waals surface area contributed by atoms with Crippen LogP contribution in [0.4, 0.5) is 5.69 Å². The maximum Gasteiger partial charge on any atom is 0.231 e. The Labute approximate surface area is 168 Å². The van der Waals surface area contributed by atoms with Crippen molar-refractivity contribution in [2.24, 2.45) is 0 Å². The number of nitrogens with one attached hydrogen (secondary N) is 1. The molecule has 0 atom stereocenters. The topological polar surface area (TPSA) is 61.8 Å². The summed E-state index contributed by atoms with van der Waals surface area (Å²) in [6.07, 6.45) is 1.69. The van der Waals surface area contributed by atoms with E-state index < -0.39 is 0 Å². The van der Waals surface area contributed by atoms with Gasteiger partial charge in [-0.25, -0.2) is 4.98 Å². The van der Waals surface area contributed by atoms with Crippen LogP contribution in [0.2, 0.25) is 5.15 Å². The summed E-state index contributed by atoms with van der Waals surface area (Å²) in [6.45, 7) is 1.29. The number of nitrogens with zero attached hydrogens (tertiary/aromatic N) is 1. The third-order valence-electron chi connectivity index (χ3n) is 4.28. The summed E-state index contributed by atoms with van der Waals surface area (Å²) in [5.41, 5.74) is 2.95. The van der Waals surface area contributed by atoms with Crippen LogP contribution in [0.5, 0.6) is 23.0 Å². The van der Waals surface area contributed by atoms with Crippen LogP contribution in [-0.4, -0.2) is 18.9 Å². The van der Waals surface area contributed by atoms with Crippen LogP contribution in [0.1, 0.15) is 11.1 Å². The molecule has 0 saturated carbocycles. The normalized spacial score (nSPS) is 11.9. The number of hydrogen-bond acceptors (Lipinski definition) is 6. The van der Waals surface area contributed by atoms with Crippen molar-refractivity contribution in [2.45, 2.75) is 13.2 Å². The SMILES string of the molecule is COc1cc(CNc2ccc3c(c2)OCO3)ccc1OCc1ccc(Cl)nc1. The minimum atomic E-state index is 0.267. The van der Waals surface area contributed by atoms with E-state index in [0.29, 0.717) is 29.8 Å². The van der Waals surface area contributed by atoms with E-state index in [4.69, 9.17) is 30.5 Å². The monoisotopic (exact) mass is 398 g/mol. The number of hydrogen-bond donors (Lipinski definition) is 1. The Morgan fingerprint density at radius 3 is 2.68 bits per heavy atom. The van der Waals surface area contributed by atoms with Gasteiger partial charge in [0.15, 0.2) is 23.0 Å². The van der Waals surface area contributed by atoms with Gasteiger partial charge >= 0.3 is 0 Å². The Balaban J connectivity index is 1.39. The van der Waals surface area contributed by atoms with Gasteiger partial charge in [-0.1, -0.05) is 23.7 Å². The molecule has 2 heterocycles. The number of methoxy groups -OCH3 is 1. The molecule has 1 N–H and O–H groups in total. The largest absolute Gasteiger partial charge is 0.493 e. The Kier molecular flexibility index (Phi) is 5.39. The number of aromatic nitrogens is 1. The summed E-state index contributed by atoms with van der Waals surface area (Å²) in [7, 11) is 1.63. The smallest absolute Gasteiger partial charge is 0.231 e. The first-order valence-corrected chi connectivity index (χ1v) is 9.13. The van der Waals surface area contributed by atoms with E-state index in [1.165, 1.54) is 0 Å². The molecule has 144 valence electrons. The Morgan fingerprint density at radius 2 is 1.86 bits per heavy atom. The average Bonchev–Trinajstić information content (AvgIpc) is 3.20. The van der Waals surface area contributed by atoms with Gasteiger partial charge in [0.1, 0.15) is 11.8 Å². The fourth-order valence-electron chi connectivity index (χ4n) is 2.80. The highest BCUT2D eigenvalue weighted by atomic mass is 35.5. The van der Waals surface area contributed by atoms with E-state index in [2.05, 4.69) is 10.3 Å². The average molecular weight is 399 g/mol. The number of ether oxygens (including phenoxy) is 4. The molecule has 1 aromatic heterocycles. The molecule has 0 radical (unpaired) electrons. The Morgan fingerprint density at radius 1 is 1.00 bits per heavy atom. The second-order valence-corrected chi connectivity index (χ2v) is 6.57. The second kappa shape index (κ2) is 8.27. The van der Waals surface area contributed by atoms with Crippen LogP contribution in [0.25, 0.3) is 0 Å². The lowest BCUT2D eigenvalue weighted by Crippen LogP contribution is -2.02. The molecule has 2 aromatic carbocycles. The summed E-state index contributed by atoms with van der Waals surface area (Å²) in [6, 6.07) is 15.3. The molecule has 0 fully saturated rings. The molecule has 4 rings (SSSR count). The summed E-state index contributed by atoms with van der Waals surface area (Å²) in [4.78, 5) is 4.05. The van der Waals surface area contributed by atoms with Crippen molar-refractivity contribution < 1.29 is 18.9 Å². The van der Waals surface area contributed by atoms with Crippen LogP contribution in [0.3, 0.4) is 0 Å². The highest BCUT2D eigenvalue weighted by Crippen LogP contribution is 2.34.